The molecule has 1 aliphatic carbocycles. The molecule has 0 saturated heterocycles. The van der Waals surface area contributed by atoms with Gasteiger partial charge in [-0.05, 0) is 50.2 Å². The van der Waals surface area contributed by atoms with E-state index in [1.807, 2.05) is 29.3 Å². The number of para-hydroxylation sites is 1. The first-order chi connectivity index (χ1) is 9.84. The predicted molar refractivity (Wildman–Crippen MR) is 81.8 cm³/mol. The summed E-state index contributed by atoms with van der Waals surface area (Å²) in [6, 6.07) is 8.22. The number of benzene rings is 1. The summed E-state index contributed by atoms with van der Waals surface area (Å²) in [5.74, 6) is 0. The largest absolute Gasteiger partial charge is 0.325 e. The first-order valence-electron chi connectivity index (χ1n) is 7.68. The Labute approximate surface area is 120 Å². The zero-order valence-corrected chi connectivity index (χ0v) is 11.9. The van der Waals surface area contributed by atoms with Crippen molar-refractivity contribution in [2.24, 2.45) is 0 Å². The Morgan fingerprint density at radius 1 is 1.05 bits per heavy atom. The van der Waals surface area contributed by atoms with E-state index in [1.54, 1.807) is 0 Å². The van der Waals surface area contributed by atoms with Crippen LogP contribution in [0.4, 0.5) is 10.5 Å². The summed E-state index contributed by atoms with van der Waals surface area (Å²) in [6.45, 7) is 0.812. The molecule has 1 N–H and O–H groups in total. The molecule has 1 saturated carbocycles. The number of nitrogens with one attached hydrogen (secondary N) is 1. The van der Waals surface area contributed by atoms with Gasteiger partial charge in [-0.1, -0.05) is 30.2 Å². The van der Waals surface area contributed by atoms with Gasteiger partial charge >= 0.3 is 6.03 Å². The zero-order valence-electron chi connectivity index (χ0n) is 11.9. The molecule has 106 valence electrons. The van der Waals surface area contributed by atoms with Gasteiger partial charge in [0.15, 0.2) is 0 Å². The predicted octanol–water partition coefficient (Wildman–Crippen LogP) is 4.00. The molecule has 3 heteroatoms. The Morgan fingerprint density at radius 3 is 2.70 bits per heavy atom. The van der Waals surface area contributed by atoms with Gasteiger partial charge in [0.2, 0.25) is 0 Å². The maximum atomic E-state index is 12.4. The fraction of sp³-hybridized carbons (Fsp3) is 0.471. The van der Waals surface area contributed by atoms with Crippen molar-refractivity contribution in [1.82, 2.24) is 5.32 Å². The smallest absolute Gasteiger partial charge is 0.314 e. The Hall–Kier alpha value is -1.77. The number of aryl methyl sites for hydroxylation is 1. The van der Waals surface area contributed by atoms with Crippen LogP contribution in [0.3, 0.4) is 0 Å². The number of amides is 2. The molecule has 0 aromatic heterocycles. The monoisotopic (exact) mass is 270 g/mol. The van der Waals surface area contributed by atoms with Crippen LogP contribution in [-0.2, 0) is 6.42 Å². The second-order valence-electron chi connectivity index (χ2n) is 5.70. The lowest BCUT2D eigenvalue weighted by molar-refractivity contribution is 0.248. The minimum Gasteiger partial charge on any atom is -0.314 e. The van der Waals surface area contributed by atoms with Crippen LogP contribution < -0.4 is 10.2 Å². The first kappa shape index (κ1) is 13.2. The summed E-state index contributed by atoms with van der Waals surface area (Å²) in [5, 5.41) is 2.99. The van der Waals surface area contributed by atoms with Crippen LogP contribution in [0.1, 0.15) is 44.1 Å². The van der Waals surface area contributed by atoms with Crippen LogP contribution in [-0.4, -0.2) is 12.6 Å². The van der Waals surface area contributed by atoms with E-state index >= 15 is 0 Å². The van der Waals surface area contributed by atoms with Gasteiger partial charge in [0.05, 0.1) is 0 Å². The summed E-state index contributed by atoms with van der Waals surface area (Å²) >= 11 is 0. The van der Waals surface area contributed by atoms with Gasteiger partial charge in [-0.3, -0.25) is 4.90 Å². The van der Waals surface area contributed by atoms with Crippen molar-refractivity contribution in [2.75, 3.05) is 11.4 Å². The van der Waals surface area contributed by atoms with E-state index in [9.17, 15) is 4.79 Å². The molecule has 1 aliphatic heterocycles. The number of anilines is 1. The van der Waals surface area contributed by atoms with Crippen LogP contribution in [0.25, 0.3) is 0 Å². The summed E-state index contributed by atoms with van der Waals surface area (Å²) < 4.78 is 0. The molecule has 1 fully saturated rings. The number of carbonyl (C=O) groups excluding carboxylic acids is 1. The molecular formula is C17H22N2O. The molecule has 1 heterocycles. The second kappa shape index (κ2) is 6.12. The van der Waals surface area contributed by atoms with Crippen molar-refractivity contribution in [1.29, 1.82) is 0 Å². The summed E-state index contributed by atoms with van der Waals surface area (Å²) in [7, 11) is 0. The Morgan fingerprint density at radius 2 is 1.85 bits per heavy atom. The van der Waals surface area contributed by atoms with E-state index in [1.165, 1.54) is 30.4 Å². The zero-order chi connectivity index (χ0) is 13.8. The van der Waals surface area contributed by atoms with Crippen LogP contribution in [0.15, 0.2) is 36.0 Å². The fourth-order valence-electron chi connectivity index (χ4n) is 3.14. The molecule has 1 aromatic rings. The third-order valence-electron chi connectivity index (χ3n) is 4.25. The average molecular weight is 270 g/mol. The van der Waals surface area contributed by atoms with E-state index < -0.39 is 0 Å². The topological polar surface area (TPSA) is 32.3 Å². The third-order valence-corrected chi connectivity index (χ3v) is 4.25. The minimum atomic E-state index is 0.00947. The summed E-state index contributed by atoms with van der Waals surface area (Å²) in [6.07, 6.45) is 10.2. The van der Waals surface area contributed by atoms with Gasteiger partial charge in [0.25, 0.3) is 0 Å². The molecule has 0 spiro atoms. The van der Waals surface area contributed by atoms with Crippen molar-refractivity contribution < 1.29 is 4.79 Å². The molecule has 2 amide bonds. The van der Waals surface area contributed by atoms with Crippen molar-refractivity contribution in [3.8, 4) is 0 Å². The average Bonchev–Trinajstić information content (AvgIpc) is 2.53. The van der Waals surface area contributed by atoms with Crippen molar-refractivity contribution in [2.45, 2.75) is 44.9 Å². The highest BCUT2D eigenvalue weighted by molar-refractivity contribution is 5.93. The van der Waals surface area contributed by atoms with Gasteiger partial charge in [0, 0.05) is 18.4 Å². The molecule has 1 aromatic carbocycles. The summed E-state index contributed by atoms with van der Waals surface area (Å²) in [5.41, 5.74) is 3.73. The van der Waals surface area contributed by atoms with Gasteiger partial charge in [-0.2, -0.15) is 0 Å². The maximum Gasteiger partial charge on any atom is 0.325 e. The van der Waals surface area contributed by atoms with E-state index in [-0.39, 0.29) is 6.03 Å². The van der Waals surface area contributed by atoms with Gasteiger partial charge in [-0.25, -0.2) is 4.79 Å². The standard InChI is InChI=1S/C17H22N2O/c20-17(18-13-14-7-2-1-3-8-14)19-12-6-10-15-9-4-5-11-16(15)19/h4-5,9,11,13H,1-3,6-8,10,12H2,(H,18,20). The number of hydrogen-bond acceptors (Lipinski definition) is 1. The molecule has 0 bridgehead atoms. The Bertz CT molecular complexity index is 513. The number of hydrogen-bond donors (Lipinski definition) is 1. The molecule has 0 radical (unpaired) electrons. The number of allylic oxidation sites excluding steroid dienone is 1. The van der Waals surface area contributed by atoms with Gasteiger partial charge < -0.3 is 5.32 Å². The quantitative estimate of drug-likeness (QED) is 0.822. The highest BCUT2D eigenvalue weighted by atomic mass is 16.2. The SMILES string of the molecule is O=C(NC=C1CCCCC1)N1CCCc2ccccc21. The van der Waals surface area contributed by atoms with Crippen LogP contribution in [0.5, 0.6) is 0 Å². The number of fused-ring (bicyclic) bond motifs is 1. The van der Waals surface area contributed by atoms with Crippen LogP contribution in [0.2, 0.25) is 0 Å². The molecular weight excluding hydrogens is 248 g/mol. The van der Waals surface area contributed by atoms with E-state index in [0.29, 0.717) is 0 Å². The Balaban J connectivity index is 1.69. The Kier molecular flexibility index (Phi) is 4.05. The van der Waals surface area contributed by atoms with Gasteiger partial charge in [-0.15, -0.1) is 0 Å². The lowest BCUT2D eigenvalue weighted by atomic mass is 9.96. The number of urea groups is 1. The minimum absolute atomic E-state index is 0.00947. The van der Waals surface area contributed by atoms with E-state index in [4.69, 9.17) is 0 Å². The van der Waals surface area contributed by atoms with Crippen molar-refractivity contribution in [3.05, 3.63) is 41.6 Å². The molecule has 3 rings (SSSR count). The molecule has 0 atom stereocenters. The number of carbonyl (C=O) groups is 1. The maximum absolute atomic E-state index is 12.4. The summed E-state index contributed by atoms with van der Waals surface area (Å²) in [4.78, 5) is 14.2. The first-order valence-corrected chi connectivity index (χ1v) is 7.68. The van der Waals surface area contributed by atoms with Crippen LogP contribution >= 0.6 is 0 Å². The second-order valence-corrected chi connectivity index (χ2v) is 5.70. The van der Waals surface area contributed by atoms with Crippen molar-refractivity contribution in [3.63, 3.8) is 0 Å². The fourth-order valence-corrected chi connectivity index (χ4v) is 3.14. The molecule has 0 unspecified atom stereocenters. The molecule has 3 nitrogen and oxygen atoms in total. The lowest BCUT2D eigenvalue weighted by Crippen LogP contribution is -2.41. The van der Waals surface area contributed by atoms with Crippen LogP contribution in [0, 0.1) is 0 Å². The molecule has 20 heavy (non-hydrogen) atoms. The highest BCUT2D eigenvalue weighted by Gasteiger charge is 2.21. The van der Waals surface area contributed by atoms with Gasteiger partial charge in [0.1, 0.15) is 0 Å². The third kappa shape index (κ3) is 2.87. The normalized spacial score (nSPS) is 18.4. The van der Waals surface area contributed by atoms with E-state index in [2.05, 4.69) is 11.4 Å². The molecule has 2 aliphatic rings. The van der Waals surface area contributed by atoms with Crippen molar-refractivity contribution >= 4 is 11.7 Å². The number of rotatable bonds is 1. The van der Waals surface area contributed by atoms with E-state index in [0.717, 1.165) is 37.9 Å². The number of nitrogens with zero attached hydrogens (tertiary/aromatic N) is 1. The highest BCUT2D eigenvalue weighted by Crippen LogP contribution is 2.27. The lowest BCUT2D eigenvalue weighted by Gasteiger charge is -2.29.